The molecule has 0 spiro atoms. The van der Waals surface area contributed by atoms with Crippen molar-refractivity contribution in [2.24, 2.45) is 0 Å². The second kappa shape index (κ2) is 8.08. The molecule has 9 aromatic rings. The summed E-state index contributed by atoms with van der Waals surface area (Å²) in [5.41, 5.74) is 8.45. The van der Waals surface area contributed by atoms with Gasteiger partial charge in [0.2, 0.25) is 0 Å². The van der Waals surface area contributed by atoms with E-state index in [1.54, 1.807) is 0 Å². The molecule has 40 heavy (non-hydrogen) atoms. The molecule has 2 heteroatoms. The van der Waals surface area contributed by atoms with Crippen molar-refractivity contribution in [3.05, 3.63) is 140 Å². The fraction of sp³-hybridized carbons (Fsp3) is 0. The third-order valence-corrected chi connectivity index (χ3v) is 8.49. The third-order valence-electron chi connectivity index (χ3n) is 8.49. The van der Waals surface area contributed by atoms with Crippen molar-refractivity contribution < 1.29 is 0 Å². The molecule has 9 rings (SSSR count). The number of hydrogen-bond acceptors (Lipinski definition) is 0. The van der Waals surface area contributed by atoms with Gasteiger partial charge >= 0.3 is 0 Å². The van der Waals surface area contributed by atoms with Crippen LogP contribution in [-0.2, 0) is 0 Å². The van der Waals surface area contributed by atoms with Crippen LogP contribution in [0.15, 0.2) is 140 Å². The number of aromatic nitrogens is 2. The van der Waals surface area contributed by atoms with Crippen molar-refractivity contribution in [3.8, 4) is 16.8 Å². The average Bonchev–Trinajstić information content (AvgIpc) is 3.57. The molecule has 0 saturated heterocycles. The van der Waals surface area contributed by atoms with Crippen molar-refractivity contribution in [2.75, 3.05) is 0 Å². The number of hydrogen-bond donors (Lipinski definition) is 1. The van der Waals surface area contributed by atoms with Crippen LogP contribution in [0.2, 0.25) is 0 Å². The van der Waals surface area contributed by atoms with Gasteiger partial charge < -0.3 is 9.55 Å². The Morgan fingerprint density at radius 3 is 1.98 bits per heavy atom. The molecule has 0 unspecified atom stereocenters. The van der Waals surface area contributed by atoms with Gasteiger partial charge in [-0.15, -0.1) is 0 Å². The van der Waals surface area contributed by atoms with Crippen LogP contribution in [0.25, 0.3) is 82.0 Å². The zero-order valence-electron chi connectivity index (χ0n) is 21.7. The highest BCUT2D eigenvalue weighted by molar-refractivity contribution is 6.29. The van der Waals surface area contributed by atoms with Crippen molar-refractivity contribution in [2.45, 2.75) is 0 Å². The summed E-state index contributed by atoms with van der Waals surface area (Å²) in [6.07, 6.45) is 0. The Labute approximate surface area is 230 Å². The van der Waals surface area contributed by atoms with Crippen LogP contribution in [0.5, 0.6) is 0 Å². The molecular weight excluding hydrogens is 484 g/mol. The first-order valence-electron chi connectivity index (χ1n) is 13.8. The van der Waals surface area contributed by atoms with E-state index in [1.807, 2.05) is 0 Å². The highest BCUT2D eigenvalue weighted by Gasteiger charge is 2.17. The van der Waals surface area contributed by atoms with Gasteiger partial charge in [-0.05, 0) is 75.1 Å². The van der Waals surface area contributed by atoms with Gasteiger partial charge in [0, 0.05) is 38.3 Å². The zero-order valence-corrected chi connectivity index (χ0v) is 21.7. The van der Waals surface area contributed by atoms with Gasteiger partial charge in [-0.2, -0.15) is 0 Å². The molecule has 1 N–H and O–H groups in total. The lowest BCUT2D eigenvalue weighted by Gasteiger charge is -2.11. The topological polar surface area (TPSA) is 20.7 Å². The van der Waals surface area contributed by atoms with E-state index in [1.165, 1.54) is 82.0 Å². The lowest BCUT2D eigenvalue weighted by molar-refractivity contribution is 1.18. The first-order valence-corrected chi connectivity index (χ1v) is 13.8. The predicted octanol–water partition coefficient (Wildman–Crippen LogP) is 10.4. The van der Waals surface area contributed by atoms with Gasteiger partial charge in [-0.1, -0.05) is 97.1 Å². The predicted molar refractivity (Wildman–Crippen MR) is 171 cm³/mol. The molecule has 0 atom stereocenters. The molecule has 7 aromatic carbocycles. The Hall–Kier alpha value is -5.34. The van der Waals surface area contributed by atoms with Crippen molar-refractivity contribution in [1.82, 2.24) is 9.55 Å². The number of rotatable bonds is 2. The number of fused-ring (bicyclic) bond motifs is 10. The van der Waals surface area contributed by atoms with Gasteiger partial charge in [0.25, 0.3) is 0 Å². The third kappa shape index (κ3) is 2.93. The highest BCUT2D eigenvalue weighted by atomic mass is 15.0. The smallest absolute Gasteiger partial charge is 0.0541 e. The van der Waals surface area contributed by atoms with Crippen LogP contribution >= 0.6 is 0 Å². The zero-order chi connectivity index (χ0) is 26.2. The molecule has 0 amide bonds. The molecule has 0 aliphatic rings. The van der Waals surface area contributed by atoms with Gasteiger partial charge in [-0.3, -0.25) is 0 Å². The van der Waals surface area contributed by atoms with Gasteiger partial charge in [-0.25, -0.2) is 0 Å². The van der Waals surface area contributed by atoms with E-state index >= 15 is 0 Å². The molecule has 0 fully saturated rings. The molecule has 2 heterocycles. The summed E-state index contributed by atoms with van der Waals surface area (Å²) in [6, 6.07) is 50.7. The van der Waals surface area contributed by atoms with E-state index in [4.69, 9.17) is 0 Å². The van der Waals surface area contributed by atoms with E-state index in [0.717, 1.165) is 0 Å². The highest BCUT2D eigenvalue weighted by Crippen LogP contribution is 2.42. The summed E-state index contributed by atoms with van der Waals surface area (Å²) in [6.45, 7) is 0. The summed E-state index contributed by atoms with van der Waals surface area (Å²) in [5, 5.41) is 10.3. The SMILES string of the molecule is c1ccc(-n2c3ccccc3c3cc(-c4cc5[nH]c6ccc7ccccc7c6c5c5ccccc45)ccc32)cc1. The largest absolute Gasteiger partial charge is 0.354 e. The Bertz CT molecular complexity index is 2420. The minimum absolute atomic E-state index is 1.17. The van der Waals surface area contributed by atoms with E-state index in [9.17, 15) is 0 Å². The maximum absolute atomic E-state index is 3.76. The number of para-hydroxylation sites is 2. The lowest BCUT2D eigenvalue weighted by Crippen LogP contribution is -1.92. The number of nitrogens with one attached hydrogen (secondary N) is 1. The molecule has 2 aromatic heterocycles. The van der Waals surface area contributed by atoms with Gasteiger partial charge in [0.15, 0.2) is 0 Å². The van der Waals surface area contributed by atoms with E-state index < -0.39 is 0 Å². The second-order valence-corrected chi connectivity index (χ2v) is 10.6. The van der Waals surface area contributed by atoms with Crippen molar-refractivity contribution in [1.29, 1.82) is 0 Å². The van der Waals surface area contributed by atoms with E-state index in [0.29, 0.717) is 0 Å². The van der Waals surface area contributed by atoms with Crippen LogP contribution in [-0.4, -0.2) is 9.55 Å². The average molecular weight is 509 g/mol. The molecular formula is C38H24N2. The lowest BCUT2D eigenvalue weighted by atomic mass is 9.93. The number of aromatic amines is 1. The molecule has 0 radical (unpaired) electrons. The number of H-pyrrole nitrogens is 1. The van der Waals surface area contributed by atoms with Crippen molar-refractivity contribution in [3.63, 3.8) is 0 Å². The summed E-state index contributed by atoms with van der Waals surface area (Å²) in [5.74, 6) is 0. The normalized spacial score (nSPS) is 12.0. The quantitative estimate of drug-likeness (QED) is 0.240. The number of benzene rings is 7. The molecule has 0 aliphatic carbocycles. The van der Waals surface area contributed by atoms with Crippen LogP contribution in [0.4, 0.5) is 0 Å². The molecule has 186 valence electrons. The summed E-state index contributed by atoms with van der Waals surface area (Å²) in [7, 11) is 0. The maximum Gasteiger partial charge on any atom is 0.0541 e. The van der Waals surface area contributed by atoms with Crippen LogP contribution < -0.4 is 0 Å². The Morgan fingerprint density at radius 2 is 1.10 bits per heavy atom. The van der Waals surface area contributed by atoms with Gasteiger partial charge in [0.05, 0.1) is 11.0 Å². The van der Waals surface area contributed by atoms with E-state index in [2.05, 4.69) is 149 Å². The second-order valence-electron chi connectivity index (χ2n) is 10.6. The Morgan fingerprint density at radius 1 is 0.425 bits per heavy atom. The fourth-order valence-corrected chi connectivity index (χ4v) is 6.77. The summed E-state index contributed by atoms with van der Waals surface area (Å²) < 4.78 is 2.37. The van der Waals surface area contributed by atoms with Crippen LogP contribution in [0.1, 0.15) is 0 Å². The number of nitrogens with zero attached hydrogens (tertiary/aromatic N) is 1. The minimum Gasteiger partial charge on any atom is -0.354 e. The monoisotopic (exact) mass is 508 g/mol. The van der Waals surface area contributed by atoms with Crippen molar-refractivity contribution >= 4 is 65.2 Å². The standard InChI is InChI=1S/C38H24N2/c1-2-11-26(12-3-1)40-35-17-9-8-15-29(35)32-22-25(19-21-36(32)40)31-23-34-38(30-16-7-6-14-28(30)31)37-27-13-5-4-10-24(27)18-20-33(37)39-34/h1-23,39H. The Balaban J connectivity index is 1.37. The first kappa shape index (κ1) is 21.6. The minimum atomic E-state index is 1.17. The maximum atomic E-state index is 3.76. The summed E-state index contributed by atoms with van der Waals surface area (Å²) >= 11 is 0. The molecule has 0 aliphatic heterocycles. The van der Waals surface area contributed by atoms with Gasteiger partial charge in [0.1, 0.15) is 0 Å². The Kier molecular flexibility index (Phi) is 4.36. The molecule has 2 nitrogen and oxygen atoms in total. The van der Waals surface area contributed by atoms with Crippen LogP contribution in [0, 0.1) is 0 Å². The van der Waals surface area contributed by atoms with E-state index in [-0.39, 0.29) is 0 Å². The molecule has 0 saturated carbocycles. The first-order chi connectivity index (χ1) is 19.8. The fourth-order valence-electron chi connectivity index (χ4n) is 6.77. The van der Waals surface area contributed by atoms with Crippen LogP contribution in [0.3, 0.4) is 0 Å². The molecule has 0 bridgehead atoms. The summed E-state index contributed by atoms with van der Waals surface area (Å²) in [4.78, 5) is 3.76.